The van der Waals surface area contributed by atoms with Crippen LogP contribution in [0.2, 0.25) is 0 Å². The molecule has 2 aromatic rings. The molecular weight excluding hydrogens is 360 g/mol. The van der Waals surface area contributed by atoms with Crippen LogP contribution in [0.3, 0.4) is 0 Å². The number of nitrogens with zero attached hydrogens (tertiary/aromatic N) is 3. The minimum absolute atomic E-state index is 0.0889. The van der Waals surface area contributed by atoms with Gasteiger partial charge >= 0.3 is 0 Å². The van der Waals surface area contributed by atoms with Crippen LogP contribution in [0.5, 0.6) is 0 Å². The monoisotopic (exact) mass is 376 g/mol. The van der Waals surface area contributed by atoms with Gasteiger partial charge in [0.15, 0.2) is 0 Å². The van der Waals surface area contributed by atoms with Crippen molar-refractivity contribution in [3.05, 3.63) is 46.2 Å². The maximum absolute atomic E-state index is 12.6. The number of benzene rings is 1. The van der Waals surface area contributed by atoms with Gasteiger partial charge in [0.25, 0.3) is 5.91 Å². The number of carbonyl (C=O) groups is 1. The molecule has 1 aliphatic heterocycles. The number of amides is 1. The van der Waals surface area contributed by atoms with E-state index in [2.05, 4.69) is 31.2 Å². The number of anilines is 2. The molecule has 2 heterocycles. The Bertz CT molecular complexity index is 717. The van der Waals surface area contributed by atoms with Crippen LogP contribution >= 0.6 is 15.9 Å². The number of halogens is 1. The van der Waals surface area contributed by atoms with E-state index in [-0.39, 0.29) is 5.91 Å². The number of morpholine rings is 1. The van der Waals surface area contributed by atoms with Gasteiger partial charge in [-0.25, -0.2) is 9.97 Å². The van der Waals surface area contributed by atoms with E-state index in [1.807, 2.05) is 31.2 Å². The second kappa shape index (κ2) is 7.06. The van der Waals surface area contributed by atoms with E-state index in [1.54, 1.807) is 11.0 Å². The molecule has 0 aliphatic carbocycles. The number of aryl methyl sites for hydroxylation is 1. The molecule has 1 saturated heterocycles. The quantitative estimate of drug-likeness (QED) is 0.891. The summed E-state index contributed by atoms with van der Waals surface area (Å²) in [5.74, 6) is 0.322. The molecule has 6 nitrogen and oxygen atoms in total. The highest BCUT2D eigenvalue weighted by Crippen LogP contribution is 2.24. The molecule has 0 saturated carbocycles. The summed E-state index contributed by atoms with van der Waals surface area (Å²) in [6.07, 6.45) is 0. The Hall–Kier alpha value is -1.99. The van der Waals surface area contributed by atoms with Crippen LogP contribution in [0.15, 0.2) is 34.8 Å². The summed E-state index contributed by atoms with van der Waals surface area (Å²) in [5, 5.41) is 3.15. The van der Waals surface area contributed by atoms with E-state index in [1.165, 1.54) is 0 Å². The first kappa shape index (κ1) is 15.9. The lowest BCUT2D eigenvalue weighted by Gasteiger charge is -2.26. The van der Waals surface area contributed by atoms with Crippen molar-refractivity contribution in [2.24, 2.45) is 0 Å². The van der Waals surface area contributed by atoms with Crippen molar-refractivity contribution >= 4 is 33.5 Å². The number of rotatable bonds is 3. The smallest absolute Gasteiger partial charge is 0.272 e. The number of nitrogens with one attached hydrogen (secondary N) is 1. The average molecular weight is 377 g/mol. The molecule has 0 radical (unpaired) electrons. The first-order valence-electron chi connectivity index (χ1n) is 7.38. The normalized spacial score (nSPS) is 14.6. The third-order valence-corrected chi connectivity index (χ3v) is 4.18. The standard InChI is InChI=1S/C16H17BrN4O2/c1-11-10-14(15(22)21-6-8-23-9-7-21)20-16(18-11)19-13-5-3-2-4-12(13)17/h2-5,10H,6-9H2,1H3,(H,18,19,20). The minimum Gasteiger partial charge on any atom is -0.378 e. The Kier molecular flexibility index (Phi) is 4.88. The Labute approximate surface area is 143 Å². The molecule has 7 heteroatoms. The zero-order chi connectivity index (χ0) is 16.2. The summed E-state index contributed by atoms with van der Waals surface area (Å²) in [6, 6.07) is 9.41. The van der Waals surface area contributed by atoms with E-state index in [9.17, 15) is 4.79 Å². The topological polar surface area (TPSA) is 67.4 Å². The van der Waals surface area contributed by atoms with Crippen molar-refractivity contribution in [1.29, 1.82) is 0 Å². The second-order valence-corrected chi connectivity index (χ2v) is 6.08. The van der Waals surface area contributed by atoms with Crippen molar-refractivity contribution in [1.82, 2.24) is 14.9 Å². The van der Waals surface area contributed by atoms with Crippen LogP contribution in [0.1, 0.15) is 16.2 Å². The van der Waals surface area contributed by atoms with E-state index in [0.717, 1.165) is 15.9 Å². The number of hydrogen-bond donors (Lipinski definition) is 1. The maximum Gasteiger partial charge on any atom is 0.272 e. The molecule has 1 fully saturated rings. The van der Waals surface area contributed by atoms with Crippen LogP contribution in [0, 0.1) is 6.92 Å². The van der Waals surface area contributed by atoms with Gasteiger partial charge in [-0.1, -0.05) is 12.1 Å². The van der Waals surface area contributed by atoms with Gasteiger partial charge in [0.1, 0.15) is 5.69 Å². The first-order chi connectivity index (χ1) is 11.1. The molecule has 23 heavy (non-hydrogen) atoms. The molecule has 1 amide bonds. The number of para-hydroxylation sites is 1. The zero-order valence-electron chi connectivity index (χ0n) is 12.8. The molecule has 0 atom stereocenters. The highest BCUT2D eigenvalue weighted by atomic mass is 79.9. The van der Waals surface area contributed by atoms with Gasteiger partial charge in [-0.15, -0.1) is 0 Å². The molecule has 0 bridgehead atoms. The third-order valence-electron chi connectivity index (χ3n) is 3.49. The van der Waals surface area contributed by atoms with Crippen LogP contribution in [-0.2, 0) is 4.74 Å². The largest absolute Gasteiger partial charge is 0.378 e. The van der Waals surface area contributed by atoms with Crippen LogP contribution in [0.25, 0.3) is 0 Å². The van der Waals surface area contributed by atoms with Crippen molar-refractivity contribution in [3.63, 3.8) is 0 Å². The van der Waals surface area contributed by atoms with Crippen molar-refractivity contribution in [2.75, 3.05) is 31.6 Å². The Morgan fingerprint density at radius 2 is 2.00 bits per heavy atom. The maximum atomic E-state index is 12.6. The van der Waals surface area contributed by atoms with Gasteiger partial charge < -0.3 is 15.0 Å². The molecule has 1 N–H and O–H groups in total. The third kappa shape index (κ3) is 3.86. The Morgan fingerprint density at radius 3 is 2.74 bits per heavy atom. The number of ether oxygens (including phenoxy) is 1. The SMILES string of the molecule is Cc1cc(C(=O)N2CCOCC2)nc(Nc2ccccc2Br)n1. The molecule has 1 aromatic heterocycles. The Balaban J connectivity index is 1.84. The molecule has 1 aromatic carbocycles. The summed E-state index contributed by atoms with van der Waals surface area (Å²) in [4.78, 5) is 23.1. The molecule has 0 unspecified atom stereocenters. The van der Waals surface area contributed by atoms with E-state index >= 15 is 0 Å². The van der Waals surface area contributed by atoms with Crippen molar-refractivity contribution in [3.8, 4) is 0 Å². The van der Waals surface area contributed by atoms with Gasteiger partial charge in [-0.3, -0.25) is 4.79 Å². The van der Waals surface area contributed by atoms with Gasteiger partial charge in [-0.05, 0) is 41.1 Å². The van der Waals surface area contributed by atoms with Gasteiger partial charge in [0, 0.05) is 23.3 Å². The molecule has 1 aliphatic rings. The van der Waals surface area contributed by atoms with Gasteiger partial charge in [-0.2, -0.15) is 0 Å². The highest BCUT2D eigenvalue weighted by molar-refractivity contribution is 9.10. The number of aromatic nitrogens is 2. The summed E-state index contributed by atoms with van der Waals surface area (Å²) in [6.45, 7) is 4.17. The molecule has 120 valence electrons. The predicted octanol–water partition coefficient (Wildman–Crippen LogP) is 2.76. The molecule has 0 spiro atoms. The fraction of sp³-hybridized carbons (Fsp3) is 0.312. The van der Waals surface area contributed by atoms with Crippen LogP contribution in [-0.4, -0.2) is 47.1 Å². The van der Waals surface area contributed by atoms with Crippen LogP contribution < -0.4 is 5.32 Å². The van der Waals surface area contributed by atoms with Gasteiger partial charge in [0.05, 0.1) is 18.9 Å². The lowest BCUT2D eigenvalue weighted by molar-refractivity contribution is 0.0299. The van der Waals surface area contributed by atoms with E-state index < -0.39 is 0 Å². The van der Waals surface area contributed by atoms with Crippen molar-refractivity contribution in [2.45, 2.75) is 6.92 Å². The lowest BCUT2D eigenvalue weighted by Crippen LogP contribution is -2.41. The second-order valence-electron chi connectivity index (χ2n) is 5.23. The molecular formula is C16H17BrN4O2. The first-order valence-corrected chi connectivity index (χ1v) is 8.17. The molecule has 3 rings (SSSR count). The Morgan fingerprint density at radius 1 is 1.26 bits per heavy atom. The summed E-state index contributed by atoms with van der Waals surface area (Å²) in [5.41, 5.74) is 1.99. The van der Waals surface area contributed by atoms with E-state index in [4.69, 9.17) is 4.74 Å². The van der Waals surface area contributed by atoms with Gasteiger partial charge in [0.2, 0.25) is 5.95 Å². The summed E-state index contributed by atoms with van der Waals surface area (Å²) in [7, 11) is 0. The zero-order valence-corrected chi connectivity index (χ0v) is 14.3. The van der Waals surface area contributed by atoms with E-state index in [0.29, 0.717) is 37.9 Å². The average Bonchev–Trinajstić information content (AvgIpc) is 2.56. The lowest BCUT2D eigenvalue weighted by atomic mass is 10.3. The number of carbonyl (C=O) groups excluding carboxylic acids is 1. The minimum atomic E-state index is -0.0889. The fourth-order valence-electron chi connectivity index (χ4n) is 2.35. The number of hydrogen-bond acceptors (Lipinski definition) is 5. The highest BCUT2D eigenvalue weighted by Gasteiger charge is 2.20. The van der Waals surface area contributed by atoms with Crippen molar-refractivity contribution < 1.29 is 9.53 Å². The fourth-order valence-corrected chi connectivity index (χ4v) is 2.73. The summed E-state index contributed by atoms with van der Waals surface area (Å²) < 4.78 is 6.19. The summed E-state index contributed by atoms with van der Waals surface area (Å²) >= 11 is 3.48. The predicted molar refractivity (Wildman–Crippen MR) is 90.9 cm³/mol. The van der Waals surface area contributed by atoms with Crippen LogP contribution in [0.4, 0.5) is 11.6 Å².